The third-order valence-corrected chi connectivity index (χ3v) is 7.02. The predicted octanol–water partition coefficient (Wildman–Crippen LogP) is 5.96. The molecule has 0 aliphatic carbocycles. The van der Waals surface area contributed by atoms with Crippen LogP contribution in [0.3, 0.4) is 0 Å². The highest BCUT2D eigenvalue weighted by molar-refractivity contribution is 7.10. The van der Waals surface area contributed by atoms with Crippen LogP contribution in [0.2, 0.25) is 5.02 Å². The van der Waals surface area contributed by atoms with Gasteiger partial charge in [-0.25, -0.2) is 0 Å². The quantitative estimate of drug-likeness (QED) is 0.292. The second kappa shape index (κ2) is 8.45. The molecule has 1 atom stereocenters. The molecule has 1 saturated heterocycles. The molecule has 2 aromatic carbocycles. The zero-order valence-electron chi connectivity index (χ0n) is 18.1. The lowest BCUT2D eigenvalue weighted by Gasteiger charge is -2.24. The van der Waals surface area contributed by atoms with E-state index >= 15 is 0 Å². The van der Waals surface area contributed by atoms with Gasteiger partial charge in [0.25, 0.3) is 11.7 Å². The fourth-order valence-corrected chi connectivity index (χ4v) is 4.95. The van der Waals surface area contributed by atoms with Crippen molar-refractivity contribution in [3.8, 4) is 5.75 Å². The Balaban J connectivity index is 1.95. The van der Waals surface area contributed by atoms with E-state index in [9.17, 15) is 14.7 Å². The SMILES string of the molecule is COc1cc(C)c(/C(O)=C2/C(=O)C(=O)N(c3ccc(C)c(Cl)c3)C2c2cccs2)cc1C. The molecule has 3 aromatic rings. The molecule has 32 heavy (non-hydrogen) atoms. The van der Waals surface area contributed by atoms with Crippen LogP contribution in [0.5, 0.6) is 5.75 Å². The van der Waals surface area contributed by atoms with Crippen LogP contribution < -0.4 is 9.64 Å². The fraction of sp³-hybridized carbons (Fsp3) is 0.200. The maximum Gasteiger partial charge on any atom is 0.300 e. The number of aryl methyl sites for hydroxylation is 3. The number of ether oxygens (including phenoxy) is 1. The number of rotatable bonds is 4. The molecule has 164 valence electrons. The van der Waals surface area contributed by atoms with Crippen molar-refractivity contribution in [2.45, 2.75) is 26.8 Å². The van der Waals surface area contributed by atoms with E-state index in [2.05, 4.69) is 0 Å². The number of ketones is 1. The van der Waals surface area contributed by atoms with Crippen molar-refractivity contribution in [2.75, 3.05) is 12.0 Å². The second-order valence-electron chi connectivity index (χ2n) is 7.75. The number of benzene rings is 2. The summed E-state index contributed by atoms with van der Waals surface area (Å²) in [5.41, 5.74) is 3.46. The van der Waals surface area contributed by atoms with Crippen LogP contribution >= 0.6 is 22.9 Å². The minimum Gasteiger partial charge on any atom is -0.507 e. The van der Waals surface area contributed by atoms with E-state index in [0.29, 0.717) is 22.0 Å². The van der Waals surface area contributed by atoms with Gasteiger partial charge in [-0.15, -0.1) is 11.3 Å². The standard InChI is InChI=1S/C25H22ClNO4S/c1-13-7-8-16(12-18(13)26)27-22(20-6-5-9-32-20)21(24(29)25(27)30)23(28)17-10-15(3)19(31-4)11-14(17)2/h5-12,22,28H,1-4H3/b23-21-. The van der Waals surface area contributed by atoms with Gasteiger partial charge in [-0.05, 0) is 73.2 Å². The highest BCUT2D eigenvalue weighted by Gasteiger charge is 2.47. The van der Waals surface area contributed by atoms with Crippen LogP contribution in [-0.4, -0.2) is 23.9 Å². The number of hydrogen-bond donors (Lipinski definition) is 1. The minimum atomic E-state index is -0.754. The van der Waals surface area contributed by atoms with Gasteiger partial charge in [0.05, 0.1) is 12.7 Å². The van der Waals surface area contributed by atoms with Crippen molar-refractivity contribution < 1.29 is 19.4 Å². The Morgan fingerprint density at radius 1 is 1.06 bits per heavy atom. The van der Waals surface area contributed by atoms with Gasteiger partial charge in [-0.1, -0.05) is 23.7 Å². The number of thiophene rings is 1. The van der Waals surface area contributed by atoms with Gasteiger partial charge in [0.1, 0.15) is 17.6 Å². The molecular weight excluding hydrogens is 446 g/mol. The maximum atomic E-state index is 13.2. The molecule has 1 aliphatic heterocycles. The summed E-state index contributed by atoms with van der Waals surface area (Å²) in [5, 5.41) is 13.7. The first kappa shape index (κ1) is 22.1. The molecular formula is C25H22ClNO4S. The van der Waals surface area contributed by atoms with Crippen LogP contribution in [0.4, 0.5) is 5.69 Å². The Morgan fingerprint density at radius 2 is 1.81 bits per heavy atom. The van der Waals surface area contributed by atoms with Crippen LogP contribution in [0.15, 0.2) is 53.4 Å². The van der Waals surface area contributed by atoms with E-state index in [4.69, 9.17) is 16.3 Å². The third kappa shape index (κ3) is 3.59. The number of methoxy groups -OCH3 is 1. The largest absolute Gasteiger partial charge is 0.507 e. The normalized spacial score (nSPS) is 17.8. The lowest BCUT2D eigenvalue weighted by molar-refractivity contribution is -0.132. The average molecular weight is 468 g/mol. The summed E-state index contributed by atoms with van der Waals surface area (Å²) in [6.45, 7) is 5.55. The number of aliphatic hydroxyl groups is 1. The van der Waals surface area contributed by atoms with Gasteiger partial charge < -0.3 is 9.84 Å². The van der Waals surface area contributed by atoms with E-state index in [1.54, 1.807) is 37.4 Å². The summed E-state index contributed by atoms with van der Waals surface area (Å²) in [4.78, 5) is 28.6. The number of nitrogens with zero attached hydrogens (tertiary/aromatic N) is 1. The molecule has 1 aromatic heterocycles. The van der Waals surface area contributed by atoms with Gasteiger partial charge in [-0.3, -0.25) is 14.5 Å². The Labute approximate surface area is 195 Å². The zero-order chi connectivity index (χ0) is 23.2. The average Bonchev–Trinajstić information content (AvgIpc) is 3.38. The van der Waals surface area contributed by atoms with Gasteiger partial charge in [0.15, 0.2) is 0 Å². The molecule has 2 heterocycles. The molecule has 1 unspecified atom stereocenters. The Kier molecular flexibility index (Phi) is 5.84. The van der Waals surface area contributed by atoms with Crippen LogP contribution in [0, 0.1) is 20.8 Å². The van der Waals surface area contributed by atoms with E-state index in [1.165, 1.54) is 16.2 Å². The number of anilines is 1. The third-order valence-electron chi connectivity index (χ3n) is 5.69. The molecule has 4 rings (SSSR count). The number of aliphatic hydroxyl groups excluding tert-OH is 1. The lowest BCUT2D eigenvalue weighted by atomic mass is 9.95. The number of Topliss-reactive ketones (excluding diaryl/α,β-unsaturated/α-hetero) is 1. The first-order valence-electron chi connectivity index (χ1n) is 10.0. The second-order valence-corrected chi connectivity index (χ2v) is 9.14. The fourth-order valence-electron chi connectivity index (χ4n) is 3.96. The number of halogens is 1. The first-order chi connectivity index (χ1) is 15.2. The summed E-state index contributed by atoms with van der Waals surface area (Å²) in [7, 11) is 1.58. The molecule has 1 aliphatic rings. The van der Waals surface area contributed by atoms with Gasteiger partial charge >= 0.3 is 0 Å². The van der Waals surface area contributed by atoms with Crippen molar-refractivity contribution in [3.05, 3.63) is 85.6 Å². The molecule has 0 radical (unpaired) electrons. The number of amides is 1. The molecule has 1 N–H and O–H groups in total. The maximum absolute atomic E-state index is 13.2. The van der Waals surface area contributed by atoms with Crippen LogP contribution in [0.25, 0.3) is 5.76 Å². The summed E-state index contributed by atoms with van der Waals surface area (Å²) >= 11 is 7.73. The highest BCUT2D eigenvalue weighted by atomic mass is 35.5. The molecule has 1 amide bonds. The van der Waals surface area contributed by atoms with Crippen molar-refractivity contribution in [1.29, 1.82) is 0 Å². The molecule has 5 nitrogen and oxygen atoms in total. The van der Waals surface area contributed by atoms with E-state index in [1.807, 2.05) is 38.3 Å². The first-order valence-corrected chi connectivity index (χ1v) is 11.3. The topological polar surface area (TPSA) is 66.8 Å². The zero-order valence-corrected chi connectivity index (χ0v) is 19.7. The molecule has 0 spiro atoms. The van der Waals surface area contributed by atoms with Crippen LogP contribution in [-0.2, 0) is 9.59 Å². The van der Waals surface area contributed by atoms with E-state index in [0.717, 1.165) is 21.6 Å². The van der Waals surface area contributed by atoms with E-state index < -0.39 is 17.7 Å². The summed E-state index contributed by atoms with van der Waals surface area (Å²) in [5.74, 6) is -0.951. The Morgan fingerprint density at radius 3 is 2.44 bits per heavy atom. The van der Waals surface area contributed by atoms with Gasteiger partial charge in [-0.2, -0.15) is 0 Å². The van der Waals surface area contributed by atoms with Crippen molar-refractivity contribution >= 4 is 46.1 Å². The molecule has 7 heteroatoms. The van der Waals surface area contributed by atoms with Crippen molar-refractivity contribution in [1.82, 2.24) is 0 Å². The Bertz CT molecular complexity index is 1260. The molecule has 0 saturated carbocycles. The molecule has 0 bridgehead atoms. The number of carbonyl (C=O) groups excluding carboxylic acids is 2. The van der Waals surface area contributed by atoms with Gasteiger partial charge in [0.2, 0.25) is 0 Å². The molecule has 1 fully saturated rings. The smallest absolute Gasteiger partial charge is 0.300 e. The van der Waals surface area contributed by atoms with Crippen molar-refractivity contribution in [3.63, 3.8) is 0 Å². The van der Waals surface area contributed by atoms with Gasteiger partial charge in [0, 0.05) is 21.2 Å². The Hall–Kier alpha value is -3.09. The summed E-state index contributed by atoms with van der Waals surface area (Å²) in [6.07, 6.45) is 0. The number of carbonyl (C=O) groups is 2. The number of hydrogen-bond acceptors (Lipinski definition) is 5. The minimum absolute atomic E-state index is 0.0572. The summed E-state index contributed by atoms with van der Waals surface area (Å²) < 4.78 is 5.36. The van der Waals surface area contributed by atoms with Crippen molar-refractivity contribution in [2.24, 2.45) is 0 Å². The highest BCUT2D eigenvalue weighted by Crippen LogP contribution is 2.44. The predicted molar refractivity (Wildman–Crippen MR) is 128 cm³/mol. The lowest BCUT2D eigenvalue weighted by Crippen LogP contribution is -2.29. The van der Waals surface area contributed by atoms with E-state index in [-0.39, 0.29) is 11.3 Å². The van der Waals surface area contributed by atoms with Crippen LogP contribution in [0.1, 0.15) is 33.2 Å². The monoisotopic (exact) mass is 467 g/mol. The summed E-state index contributed by atoms with van der Waals surface area (Å²) in [6, 6.07) is 11.8.